The predicted octanol–water partition coefficient (Wildman–Crippen LogP) is 5.18. The lowest BCUT2D eigenvalue weighted by Gasteiger charge is -2.11. The minimum atomic E-state index is 0.0133. The number of ketones is 1. The van der Waals surface area contributed by atoms with Gasteiger partial charge in [-0.1, -0.05) is 54.2 Å². The van der Waals surface area contributed by atoms with Crippen molar-refractivity contribution in [3.8, 4) is 11.5 Å². The van der Waals surface area contributed by atoms with Crippen LogP contribution in [0.2, 0.25) is 0 Å². The Morgan fingerprint density at radius 1 is 1.06 bits per heavy atom. The minimum absolute atomic E-state index is 0.0133. The van der Waals surface area contributed by atoms with Crippen LogP contribution in [0.3, 0.4) is 0 Å². The normalized spacial score (nSPS) is 10.8. The van der Waals surface area contributed by atoms with Gasteiger partial charge in [-0.25, -0.2) is 0 Å². The molecule has 0 atom stereocenters. The van der Waals surface area contributed by atoms with Gasteiger partial charge >= 0.3 is 0 Å². The molecule has 0 fully saturated rings. The van der Waals surface area contributed by atoms with Gasteiger partial charge in [0.25, 0.3) is 0 Å². The molecule has 3 aromatic carbocycles. The summed E-state index contributed by atoms with van der Waals surface area (Å²) in [6.07, 6.45) is 1.78. The second-order valence-corrected chi connectivity index (χ2v) is 7.95. The number of rotatable bonds is 10. The van der Waals surface area contributed by atoms with Gasteiger partial charge in [-0.05, 0) is 35.7 Å². The van der Waals surface area contributed by atoms with Gasteiger partial charge in [0.15, 0.2) is 16.8 Å². The van der Waals surface area contributed by atoms with Crippen LogP contribution in [-0.2, 0) is 13.2 Å². The van der Waals surface area contributed by atoms with Crippen molar-refractivity contribution >= 4 is 28.3 Å². The molecule has 1 heterocycles. The Kier molecular flexibility index (Phi) is 6.87. The monoisotopic (exact) mass is 445 g/mol. The summed E-state index contributed by atoms with van der Waals surface area (Å²) in [6.45, 7) is 4.62. The van der Waals surface area contributed by atoms with E-state index in [2.05, 4.69) is 28.9 Å². The summed E-state index contributed by atoms with van der Waals surface area (Å²) < 4.78 is 13.1. The van der Waals surface area contributed by atoms with Gasteiger partial charge in [-0.3, -0.25) is 9.36 Å². The average Bonchev–Trinajstić information content (AvgIpc) is 3.22. The number of methoxy groups -OCH3 is 1. The number of carbonyl (C=O) groups is 1. The van der Waals surface area contributed by atoms with Crippen LogP contribution < -0.4 is 9.47 Å². The van der Waals surface area contributed by atoms with Crippen molar-refractivity contribution in [2.24, 2.45) is 0 Å². The van der Waals surface area contributed by atoms with Gasteiger partial charge in [0.05, 0.1) is 12.9 Å². The molecule has 0 saturated heterocycles. The van der Waals surface area contributed by atoms with Crippen molar-refractivity contribution in [1.29, 1.82) is 0 Å². The third-order valence-corrected chi connectivity index (χ3v) is 5.92. The van der Waals surface area contributed by atoms with Crippen molar-refractivity contribution in [3.63, 3.8) is 0 Å². The van der Waals surface area contributed by atoms with Gasteiger partial charge in [0.2, 0.25) is 0 Å². The molecule has 0 aliphatic carbocycles. The number of fused-ring (bicyclic) bond motifs is 1. The number of carbonyl (C=O) groups excluding carboxylic acids is 1. The number of Topliss-reactive ketones (excluding diaryl/α,β-unsaturated/α-hetero) is 1. The summed E-state index contributed by atoms with van der Waals surface area (Å²) in [7, 11) is 1.60. The van der Waals surface area contributed by atoms with Gasteiger partial charge in [-0.2, -0.15) is 0 Å². The number of aromatic nitrogens is 3. The molecule has 0 aliphatic rings. The molecule has 0 unspecified atom stereocenters. The third kappa shape index (κ3) is 4.84. The molecule has 4 rings (SSSR count). The van der Waals surface area contributed by atoms with E-state index in [1.54, 1.807) is 37.5 Å². The summed E-state index contributed by atoms with van der Waals surface area (Å²) in [6, 6.07) is 21.1. The van der Waals surface area contributed by atoms with E-state index >= 15 is 0 Å². The molecule has 1 aromatic heterocycles. The number of benzene rings is 3. The van der Waals surface area contributed by atoms with Crippen molar-refractivity contribution < 1.29 is 14.3 Å². The highest BCUT2D eigenvalue weighted by atomic mass is 32.2. The number of ether oxygens (including phenoxy) is 2. The maximum absolute atomic E-state index is 12.6. The van der Waals surface area contributed by atoms with Gasteiger partial charge in [-0.15, -0.1) is 16.8 Å². The van der Waals surface area contributed by atoms with E-state index in [0.29, 0.717) is 23.1 Å². The van der Waals surface area contributed by atoms with Crippen molar-refractivity contribution in [2.45, 2.75) is 18.3 Å². The number of nitrogens with zero attached hydrogens (tertiary/aromatic N) is 3. The molecule has 0 aliphatic heterocycles. The SMILES string of the molecule is C=CCn1c(COc2cccc3ccccc23)nnc1SCC(=O)c1ccc(OC)cc1. The molecule has 0 spiro atoms. The minimum Gasteiger partial charge on any atom is -0.497 e. The number of hydrogen-bond donors (Lipinski definition) is 0. The number of allylic oxidation sites excluding steroid dienone is 1. The predicted molar refractivity (Wildman–Crippen MR) is 127 cm³/mol. The first-order chi connectivity index (χ1) is 15.7. The average molecular weight is 446 g/mol. The smallest absolute Gasteiger partial charge is 0.192 e. The number of hydrogen-bond acceptors (Lipinski definition) is 6. The zero-order valence-corrected chi connectivity index (χ0v) is 18.5. The molecule has 7 heteroatoms. The standard InChI is InChI=1S/C25H23N3O3S/c1-3-15-28-24(16-31-23-10-6-8-18-7-4-5-9-21(18)23)26-27-25(28)32-17-22(29)19-11-13-20(30-2)14-12-19/h3-14H,1,15-17H2,2H3. The molecular weight excluding hydrogens is 422 g/mol. The maximum atomic E-state index is 12.6. The Morgan fingerprint density at radius 3 is 2.62 bits per heavy atom. The fourth-order valence-corrected chi connectivity index (χ4v) is 4.16. The van der Waals surface area contributed by atoms with Crippen LogP contribution in [0, 0.1) is 0 Å². The second kappa shape index (κ2) is 10.2. The topological polar surface area (TPSA) is 66.2 Å². The highest BCUT2D eigenvalue weighted by molar-refractivity contribution is 7.99. The molecule has 32 heavy (non-hydrogen) atoms. The van der Waals surface area contributed by atoms with Crippen LogP contribution in [0.4, 0.5) is 0 Å². The second-order valence-electron chi connectivity index (χ2n) is 7.00. The lowest BCUT2D eigenvalue weighted by Crippen LogP contribution is -2.09. The first-order valence-corrected chi connectivity index (χ1v) is 11.1. The molecule has 0 saturated carbocycles. The van der Waals surface area contributed by atoms with Gasteiger partial charge < -0.3 is 9.47 Å². The van der Waals surface area contributed by atoms with Crippen molar-refractivity contribution in [3.05, 3.63) is 90.8 Å². The Hall–Kier alpha value is -3.58. The largest absolute Gasteiger partial charge is 0.497 e. The van der Waals surface area contributed by atoms with Gasteiger partial charge in [0.1, 0.15) is 18.1 Å². The molecular formula is C25H23N3O3S. The van der Waals surface area contributed by atoms with E-state index < -0.39 is 0 Å². The molecule has 4 aromatic rings. The fourth-order valence-electron chi connectivity index (χ4n) is 3.30. The summed E-state index contributed by atoms with van der Waals surface area (Å²) in [5.41, 5.74) is 0.632. The molecule has 0 radical (unpaired) electrons. The van der Waals surface area contributed by atoms with E-state index in [4.69, 9.17) is 9.47 Å². The zero-order chi connectivity index (χ0) is 22.3. The first-order valence-electron chi connectivity index (χ1n) is 10.1. The van der Waals surface area contributed by atoms with E-state index in [-0.39, 0.29) is 18.1 Å². The van der Waals surface area contributed by atoms with Crippen LogP contribution in [-0.4, -0.2) is 33.4 Å². The van der Waals surface area contributed by atoms with Crippen LogP contribution >= 0.6 is 11.8 Å². The Labute approximate surface area is 190 Å². The van der Waals surface area contributed by atoms with E-state index in [0.717, 1.165) is 22.3 Å². The molecule has 0 N–H and O–H groups in total. The highest BCUT2D eigenvalue weighted by Crippen LogP contribution is 2.26. The molecule has 6 nitrogen and oxygen atoms in total. The lowest BCUT2D eigenvalue weighted by molar-refractivity contribution is 0.102. The van der Waals surface area contributed by atoms with Crippen molar-refractivity contribution in [1.82, 2.24) is 14.8 Å². The zero-order valence-electron chi connectivity index (χ0n) is 17.7. The van der Waals surface area contributed by atoms with Gasteiger partial charge in [0, 0.05) is 17.5 Å². The summed E-state index contributed by atoms with van der Waals surface area (Å²) in [4.78, 5) is 12.6. The summed E-state index contributed by atoms with van der Waals surface area (Å²) >= 11 is 1.35. The lowest BCUT2D eigenvalue weighted by atomic mass is 10.1. The van der Waals surface area contributed by atoms with Crippen LogP contribution in [0.1, 0.15) is 16.2 Å². The fraction of sp³-hybridized carbons (Fsp3) is 0.160. The van der Waals surface area contributed by atoms with Crippen molar-refractivity contribution in [2.75, 3.05) is 12.9 Å². The summed E-state index contributed by atoms with van der Waals surface area (Å²) in [5, 5.41) is 11.4. The molecule has 162 valence electrons. The Balaban J connectivity index is 1.45. The maximum Gasteiger partial charge on any atom is 0.192 e. The Bertz CT molecular complexity index is 1230. The summed E-state index contributed by atoms with van der Waals surface area (Å²) in [5.74, 6) is 2.46. The van der Waals surface area contributed by atoms with Crippen LogP contribution in [0.15, 0.2) is 84.5 Å². The first kappa shape index (κ1) is 21.6. The highest BCUT2D eigenvalue weighted by Gasteiger charge is 2.15. The molecule has 0 amide bonds. The van der Waals surface area contributed by atoms with E-state index in [1.807, 2.05) is 34.9 Å². The van der Waals surface area contributed by atoms with Crippen LogP contribution in [0.25, 0.3) is 10.8 Å². The van der Waals surface area contributed by atoms with E-state index in [9.17, 15) is 4.79 Å². The molecule has 0 bridgehead atoms. The van der Waals surface area contributed by atoms with Crippen LogP contribution in [0.5, 0.6) is 11.5 Å². The number of thioether (sulfide) groups is 1. The van der Waals surface area contributed by atoms with E-state index in [1.165, 1.54) is 11.8 Å². The quantitative estimate of drug-likeness (QED) is 0.190. The third-order valence-electron chi connectivity index (χ3n) is 4.96. The Morgan fingerprint density at radius 2 is 1.84 bits per heavy atom.